The molecule has 0 radical (unpaired) electrons. The van der Waals surface area contributed by atoms with Gasteiger partial charge < -0.3 is 9.84 Å². The lowest BCUT2D eigenvalue weighted by Crippen LogP contribution is -2.51. The first kappa shape index (κ1) is 11.5. The number of carboxylic acid groups (broad SMARTS) is 1. The van der Waals surface area contributed by atoms with Crippen molar-refractivity contribution >= 4 is 5.97 Å². The van der Waals surface area contributed by atoms with E-state index >= 15 is 0 Å². The molecule has 1 rings (SSSR count). The van der Waals surface area contributed by atoms with Crippen LogP contribution < -0.4 is 0 Å². The quantitative estimate of drug-likeness (QED) is 0.723. The fraction of sp³-hybridized carbons (Fsp3) is 0.900. The number of morpholine rings is 1. The van der Waals surface area contributed by atoms with Crippen LogP contribution in [0.15, 0.2) is 0 Å². The molecule has 82 valence electrons. The molecule has 4 heteroatoms. The van der Waals surface area contributed by atoms with Crippen molar-refractivity contribution in [2.45, 2.75) is 38.8 Å². The van der Waals surface area contributed by atoms with Gasteiger partial charge in [-0.2, -0.15) is 0 Å². The summed E-state index contributed by atoms with van der Waals surface area (Å²) in [6.45, 7) is 8.65. The molecule has 0 aromatic heterocycles. The Morgan fingerprint density at radius 3 is 2.71 bits per heavy atom. The van der Waals surface area contributed by atoms with Crippen LogP contribution in [0.3, 0.4) is 0 Å². The molecule has 1 N–H and O–H groups in total. The van der Waals surface area contributed by atoms with E-state index in [1.54, 1.807) is 0 Å². The molecule has 1 atom stereocenters. The van der Waals surface area contributed by atoms with Crippen LogP contribution in [0, 0.1) is 0 Å². The van der Waals surface area contributed by atoms with Gasteiger partial charge in [0.2, 0.25) is 0 Å². The average Bonchev–Trinajstić information content (AvgIpc) is 2.01. The minimum Gasteiger partial charge on any atom is -0.481 e. The Labute approximate surface area is 84.8 Å². The van der Waals surface area contributed by atoms with Gasteiger partial charge in [-0.05, 0) is 20.8 Å². The van der Waals surface area contributed by atoms with Gasteiger partial charge in [0, 0.05) is 18.6 Å². The van der Waals surface area contributed by atoms with Gasteiger partial charge in [0.25, 0.3) is 0 Å². The number of aliphatic carboxylic acids is 1. The minimum absolute atomic E-state index is 0.0978. The highest BCUT2D eigenvalue weighted by molar-refractivity contribution is 5.67. The largest absolute Gasteiger partial charge is 0.481 e. The number of hydrogen-bond donors (Lipinski definition) is 1. The maximum Gasteiger partial charge on any atom is 0.306 e. The molecule has 1 fully saturated rings. The minimum atomic E-state index is -0.786. The van der Waals surface area contributed by atoms with Crippen LogP contribution >= 0.6 is 0 Å². The van der Waals surface area contributed by atoms with Gasteiger partial charge in [-0.3, -0.25) is 9.69 Å². The third-order valence-electron chi connectivity index (χ3n) is 2.49. The van der Waals surface area contributed by atoms with Crippen molar-refractivity contribution < 1.29 is 14.6 Å². The van der Waals surface area contributed by atoms with E-state index in [9.17, 15) is 4.79 Å². The number of carbonyl (C=O) groups is 1. The van der Waals surface area contributed by atoms with E-state index in [2.05, 4.69) is 25.7 Å². The Morgan fingerprint density at radius 1 is 1.57 bits per heavy atom. The molecule has 1 heterocycles. The predicted molar refractivity (Wildman–Crippen MR) is 53.3 cm³/mol. The summed E-state index contributed by atoms with van der Waals surface area (Å²) in [5.74, 6) is -0.786. The maximum atomic E-state index is 10.5. The molecular weight excluding hydrogens is 182 g/mol. The highest BCUT2D eigenvalue weighted by atomic mass is 16.5. The summed E-state index contributed by atoms with van der Waals surface area (Å²) >= 11 is 0. The predicted octanol–water partition coefficient (Wildman–Crippen LogP) is 0.960. The van der Waals surface area contributed by atoms with E-state index < -0.39 is 5.97 Å². The third kappa shape index (κ3) is 3.27. The van der Waals surface area contributed by atoms with Crippen LogP contribution in [-0.2, 0) is 9.53 Å². The molecule has 0 aromatic rings. The molecule has 0 aliphatic carbocycles. The Kier molecular flexibility index (Phi) is 3.50. The maximum absolute atomic E-state index is 10.5. The van der Waals surface area contributed by atoms with E-state index in [0.717, 1.165) is 13.1 Å². The van der Waals surface area contributed by atoms with Crippen LogP contribution in [0.4, 0.5) is 0 Å². The SMILES string of the molecule is CC(C)(C)N1CCOC(CC(=O)O)C1. The van der Waals surface area contributed by atoms with Crippen molar-refractivity contribution in [3.05, 3.63) is 0 Å². The lowest BCUT2D eigenvalue weighted by Gasteiger charge is -2.41. The lowest BCUT2D eigenvalue weighted by molar-refractivity contribution is -0.143. The second-order valence-corrected chi connectivity index (χ2v) is 4.71. The first-order valence-corrected chi connectivity index (χ1v) is 4.98. The van der Waals surface area contributed by atoms with Crippen LogP contribution in [0.25, 0.3) is 0 Å². The van der Waals surface area contributed by atoms with E-state index in [1.165, 1.54) is 0 Å². The highest BCUT2D eigenvalue weighted by Gasteiger charge is 2.29. The Hall–Kier alpha value is -0.610. The van der Waals surface area contributed by atoms with Gasteiger partial charge in [-0.1, -0.05) is 0 Å². The second kappa shape index (κ2) is 4.28. The summed E-state index contributed by atoms with van der Waals surface area (Å²) in [6.07, 6.45) is -0.0486. The zero-order chi connectivity index (χ0) is 10.8. The first-order chi connectivity index (χ1) is 6.39. The van der Waals surface area contributed by atoms with Crippen molar-refractivity contribution in [2.24, 2.45) is 0 Å². The number of rotatable bonds is 2. The number of nitrogens with zero attached hydrogens (tertiary/aromatic N) is 1. The Morgan fingerprint density at radius 2 is 2.21 bits per heavy atom. The summed E-state index contributed by atoms with van der Waals surface area (Å²) < 4.78 is 5.39. The molecular formula is C10H19NO3. The highest BCUT2D eigenvalue weighted by Crippen LogP contribution is 2.18. The van der Waals surface area contributed by atoms with Crippen molar-refractivity contribution in [1.82, 2.24) is 4.90 Å². The van der Waals surface area contributed by atoms with Gasteiger partial charge in [0.1, 0.15) is 0 Å². The molecule has 0 amide bonds. The molecule has 0 saturated carbocycles. The zero-order valence-electron chi connectivity index (χ0n) is 9.12. The van der Waals surface area contributed by atoms with Crippen molar-refractivity contribution in [1.29, 1.82) is 0 Å². The standard InChI is InChI=1S/C10H19NO3/c1-10(2,3)11-4-5-14-8(7-11)6-9(12)13/h8H,4-7H2,1-3H3,(H,12,13). The van der Waals surface area contributed by atoms with Gasteiger partial charge in [-0.25, -0.2) is 0 Å². The summed E-state index contributed by atoms with van der Waals surface area (Å²) in [5.41, 5.74) is 0.0978. The second-order valence-electron chi connectivity index (χ2n) is 4.71. The molecule has 1 aliphatic rings. The average molecular weight is 201 g/mol. The zero-order valence-corrected chi connectivity index (χ0v) is 9.12. The fourth-order valence-electron chi connectivity index (χ4n) is 1.65. The molecule has 14 heavy (non-hydrogen) atoms. The van der Waals surface area contributed by atoms with Gasteiger partial charge >= 0.3 is 5.97 Å². The van der Waals surface area contributed by atoms with Crippen molar-refractivity contribution in [3.8, 4) is 0 Å². The molecule has 0 bridgehead atoms. The lowest BCUT2D eigenvalue weighted by atomic mass is 10.0. The van der Waals surface area contributed by atoms with Gasteiger partial charge in [-0.15, -0.1) is 0 Å². The summed E-state index contributed by atoms with van der Waals surface area (Å²) in [7, 11) is 0. The van der Waals surface area contributed by atoms with Crippen LogP contribution in [-0.4, -0.2) is 47.3 Å². The third-order valence-corrected chi connectivity index (χ3v) is 2.49. The molecule has 1 aliphatic heterocycles. The normalized spacial score (nSPS) is 24.9. The Balaban J connectivity index is 2.48. The van der Waals surface area contributed by atoms with Crippen LogP contribution in [0.1, 0.15) is 27.2 Å². The summed E-state index contributed by atoms with van der Waals surface area (Å²) in [5, 5.41) is 8.66. The fourth-order valence-corrected chi connectivity index (χ4v) is 1.65. The number of ether oxygens (including phenoxy) is 1. The molecule has 0 aromatic carbocycles. The molecule has 0 spiro atoms. The van der Waals surface area contributed by atoms with Gasteiger partial charge in [0.05, 0.1) is 19.1 Å². The van der Waals surface area contributed by atoms with E-state index in [4.69, 9.17) is 9.84 Å². The van der Waals surface area contributed by atoms with E-state index in [0.29, 0.717) is 6.61 Å². The smallest absolute Gasteiger partial charge is 0.306 e. The van der Waals surface area contributed by atoms with Crippen LogP contribution in [0.2, 0.25) is 0 Å². The van der Waals surface area contributed by atoms with E-state index in [1.807, 2.05) is 0 Å². The first-order valence-electron chi connectivity index (χ1n) is 4.98. The molecule has 1 unspecified atom stereocenters. The number of carboxylic acids is 1. The number of hydrogen-bond acceptors (Lipinski definition) is 3. The molecule has 1 saturated heterocycles. The monoisotopic (exact) mass is 201 g/mol. The van der Waals surface area contributed by atoms with Gasteiger partial charge in [0.15, 0.2) is 0 Å². The van der Waals surface area contributed by atoms with E-state index in [-0.39, 0.29) is 18.1 Å². The Bertz CT molecular complexity index is 210. The van der Waals surface area contributed by atoms with Crippen LogP contribution in [0.5, 0.6) is 0 Å². The topological polar surface area (TPSA) is 49.8 Å². The van der Waals surface area contributed by atoms with Crippen molar-refractivity contribution in [2.75, 3.05) is 19.7 Å². The summed E-state index contributed by atoms with van der Waals surface area (Å²) in [4.78, 5) is 12.8. The molecule has 4 nitrogen and oxygen atoms in total. The van der Waals surface area contributed by atoms with Crippen molar-refractivity contribution in [3.63, 3.8) is 0 Å². The summed E-state index contributed by atoms with van der Waals surface area (Å²) in [6, 6.07) is 0.